The van der Waals surface area contributed by atoms with Crippen molar-refractivity contribution in [2.75, 3.05) is 24.4 Å². The molecule has 0 radical (unpaired) electrons. The molecule has 1 aliphatic heterocycles. The van der Waals surface area contributed by atoms with Crippen molar-refractivity contribution in [2.45, 2.75) is 24.7 Å². The molecule has 134 valence electrons. The number of sulfonamides is 1. The molecule has 1 aromatic carbocycles. The van der Waals surface area contributed by atoms with Gasteiger partial charge in [0.1, 0.15) is 16.3 Å². The van der Waals surface area contributed by atoms with Crippen LogP contribution >= 0.6 is 0 Å². The van der Waals surface area contributed by atoms with Crippen LogP contribution in [-0.2, 0) is 10.0 Å². The van der Waals surface area contributed by atoms with E-state index in [4.69, 9.17) is 4.74 Å². The highest BCUT2D eigenvalue weighted by Gasteiger charge is 2.23. The molecule has 0 spiro atoms. The van der Waals surface area contributed by atoms with Crippen LogP contribution in [0.1, 0.15) is 30.3 Å². The van der Waals surface area contributed by atoms with E-state index in [0.717, 1.165) is 12.8 Å². The first kappa shape index (κ1) is 17.3. The van der Waals surface area contributed by atoms with Crippen molar-refractivity contribution in [2.24, 2.45) is 0 Å². The molecule has 0 saturated carbocycles. The summed E-state index contributed by atoms with van der Waals surface area (Å²) >= 11 is 0. The second kappa shape index (κ2) is 7.18. The van der Waals surface area contributed by atoms with Gasteiger partial charge in [0.15, 0.2) is 0 Å². The number of hydrogen-bond donors (Lipinski definition) is 2. The van der Waals surface area contributed by atoms with E-state index in [1.54, 1.807) is 29.2 Å². The first-order valence-corrected chi connectivity index (χ1v) is 9.71. The summed E-state index contributed by atoms with van der Waals surface area (Å²) in [6, 6.07) is 8.02. The largest absolute Gasteiger partial charge is 0.494 e. The van der Waals surface area contributed by atoms with Crippen LogP contribution in [0.4, 0.5) is 5.69 Å². The Hall–Kier alpha value is -2.48. The molecule has 8 heteroatoms. The molecule has 0 aliphatic carbocycles. The number of nitrogens with one attached hydrogen (secondary N) is 2. The number of likely N-dealkylation sites (tertiary alicyclic amines) is 1. The molecule has 0 bridgehead atoms. The number of carbonyl (C=O) groups is 1. The minimum Gasteiger partial charge on any atom is -0.494 e. The number of aromatic nitrogens is 1. The van der Waals surface area contributed by atoms with Crippen molar-refractivity contribution in [3.05, 3.63) is 42.2 Å². The highest BCUT2D eigenvalue weighted by atomic mass is 32.2. The molecule has 1 fully saturated rings. The number of amides is 1. The molecule has 0 atom stereocenters. The maximum absolute atomic E-state index is 12.5. The fraction of sp³-hybridized carbons (Fsp3) is 0.353. The van der Waals surface area contributed by atoms with Crippen LogP contribution in [0.25, 0.3) is 0 Å². The maximum atomic E-state index is 12.5. The van der Waals surface area contributed by atoms with Gasteiger partial charge >= 0.3 is 0 Å². The maximum Gasteiger partial charge on any atom is 0.270 e. The van der Waals surface area contributed by atoms with Gasteiger partial charge in [0.2, 0.25) is 0 Å². The lowest BCUT2D eigenvalue weighted by Gasteiger charge is -2.13. The van der Waals surface area contributed by atoms with Crippen LogP contribution in [0, 0.1) is 0 Å². The Bertz CT molecular complexity index is 837. The monoisotopic (exact) mass is 363 g/mol. The van der Waals surface area contributed by atoms with E-state index < -0.39 is 10.0 Å². The van der Waals surface area contributed by atoms with Gasteiger partial charge in [-0.15, -0.1) is 0 Å². The molecule has 7 nitrogen and oxygen atoms in total. The van der Waals surface area contributed by atoms with Crippen LogP contribution in [0.5, 0.6) is 5.75 Å². The van der Waals surface area contributed by atoms with Crippen molar-refractivity contribution in [3.8, 4) is 5.75 Å². The second-order valence-electron chi connectivity index (χ2n) is 5.81. The number of rotatable bonds is 6. The highest BCUT2D eigenvalue weighted by Crippen LogP contribution is 2.21. The summed E-state index contributed by atoms with van der Waals surface area (Å²) in [5.41, 5.74) is 0.714. The fourth-order valence-electron chi connectivity index (χ4n) is 2.74. The topological polar surface area (TPSA) is 91.5 Å². The van der Waals surface area contributed by atoms with Crippen LogP contribution in [0.3, 0.4) is 0 Å². The van der Waals surface area contributed by atoms with Gasteiger partial charge in [-0.1, -0.05) is 0 Å². The minimum atomic E-state index is -3.77. The van der Waals surface area contributed by atoms with Crippen molar-refractivity contribution in [3.63, 3.8) is 0 Å². The molecule has 0 unspecified atom stereocenters. The molecule has 1 aliphatic rings. The summed E-state index contributed by atoms with van der Waals surface area (Å²) in [5, 5.41) is 0. The number of ether oxygens (including phenoxy) is 1. The third-order valence-electron chi connectivity index (χ3n) is 4.01. The zero-order valence-electron chi connectivity index (χ0n) is 14.0. The van der Waals surface area contributed by atoms with Gasteiger partial charge in [0.25, 0.3) is 15.9 Å². The second-order valence-corrected chi connectivity index (χ2v) is 7.49. The van der Waals surface area contributed by atoms with Gasteiger partial charge in [0, 0.05) is 25.0 Å². The summed E-state index contributed by atoms with van der Waals surface area (Å²) in [4.78, 5) is 16.8. The predicted octanol–water partition coefficient (Wildman–Crippen LogP) is 2.45. The minimum absolute atomic E-state index is 0.0314. The number of H-pyrrole nitrogens is 1. The Morgan fingerprint density at radius 2 is 1.92 bits per heavy atom. The average Bonchev–Trinajstić information content (AvgIpc) is 3.28. The Morgan fingerprint density at radius 1 is 1.24 bits per heavy atom. The van der Waals surface area contributed by atoms with Gasteiger partial charge in [-0.2, -0.15) is 0 Å². The highest BCUT2D eigenvalue weighted by molar-refractivity contribution is 7.92. The molecule has 2 aromatic rings. The Balaban J connectivity index is 1.72. The number of hydrogen-bond acceptors (Lipinski definition) is 4. The van der Waals surface area contributed by atoms with Gasteiger partial charge in [0.05, 0.1) is 6.61 Å². The van der Waals surface area contributed by atoms with Gasteiger partial charge < -0.3 is 14.6 Å². The summed E-state index contributed by atoms with van der Waals surface area (Å²) in [7, 11) is -3.77. The Kier molecular flexibility index (Phi) is 4.98. The number of benzene rings is 1. The number of anilines is 1. The van der Waals surface area contributed by atoms with E-state index in [1.165, 1.54) is 12.3 Å². The molecule has 1 aromatic heterocycles. The third kappa shape index (κ3) is 3.96. The molecule has 2 heterocycles. The van der Waals surface area contributed by atoms with Crippen LogP contribution in [-0.4, -0.2) is 43.9 Å². The van der Waals surface area contributed by atoms with Crippen molar-refractivity contribution in [1.82, 2.24) is 9.88 Å². The van der Waals surface area contributed by atoms with Crippen LogP contribution in [0.15, 0.2) is 41.4 Å². The molecular weight excluding hydrogens is 342 g/mol. The van der Waals surface area contributed by atoms with Crippen molar-refractivity contribution < 1.29 is 17.9 Å². The zero-order chi connectivity index (χ0) is 17.9. The van der Waals surface area contributed by atoms with E-state index in [-0.39, 0.29) is 16.5 Å². The average molecular weight is 363 g/mol. The summed E-state index contributed by atoms with van der Waals surface area (Å²) in [6.07, 6.45) is 3.30. The smallest absolute Gasteiger partial charge is 0.270 e. The van der Waals surface area contributed by atoms with Crippen LogP contribution in [0.2, 0.25) is 0 Å². The molecular formula is C17H21N3O4S. The SMILES string of the molecule is CCOc1ccc(NS(=O)(=O)c2c[nH]c(C(=O)N3CCCC3)c2)cc1. The van der Waals surface area contributed by atoms with Gasteiger partial charge in [-0.25, -0.2) is 8.42 Å². The summed E-state index contributed by atoms with van der Waals surface area (Å²) < 4.78 is 32.8. The van der Waals surface area contributed by atoms with E-state index in [2.05, 4.69) is 9.71 Å². The summed E-state index contributed by atoms with van der Waals surface area (Å²) in [6.45, 7) is 3.85. The summed E-state index contributed by atoms with van der Waals surface area (Å²) in [5.74, 6) is 0.505. The lowest BCUT2D eigenvalue weighted by molar-refractivity contribution is 0.0787. The van der Waals surface area contributed by atoms with E-state index >= 15 is 0 Å². The Morgan fingerprint density at radius 3 is 2.56 bits per heavy atom. The van der Waals surface area contributed by atoms with E-state index in [1.807, 2.05) is 6.92 Å². The molecule has 1 saturated heterocycles. The Labute approximate surface area is 147 Å². The lowest BCUT2D eigenvalue weighted by Crippen LogP contribution is -2.27. The van der Waals surface area contributed by atoms with Crippen molar-refractivity contribution in [1.29, 1.82) is 0 Å². The first-order valence-electron chi connectivity index (χ1n) is 8.23. The standard InChI is InChI=1S/C17H21N3O4S/c1-2-24-14-7-5-13(6-8-14)19-25(22,23)15-11-16(18-12-15)17(21)20-9-3-4-10-20/h5-8,11-12,18-19H,2-4,9-10H2,1H3. The van der Waals surface area contributed by atoms with Crippen LogP contribution < -0.4 is 9.46 Å². The zero-order valence-corrected chi connectivity index (χ0v) is 14.8. The number of nitrogens with zero attached hydrogens (tertiary/aromatic N) is 1. The van der Waals surface area contributed by atoms with Gasteiger partial charge in [-0.05, 0) is 50.1 Å². The molecule has 25 heavy (non-hydrogen) atoms. The molecule has 2 N–H and O–H groups in total. The van der Waals surface area contributed by atoms with E-state index in [0.29, 0.717) is 31.1 Å². The lowest BCUT2D eigenvalue weighted by atomic mass is 10.3. The fourth-order valence-corrected chi connectivity index (χ4v) is 3.79. The first-order chi connectivity index (χ1) is 12.0. The quantitative estimate of drug-likeness (QED) is 0.825. The molecule has 3 rings (SSSR count). The van der Waals surface area contributed by atoms with Gasteiger partial charge in [-0.3, -0.25) is 9.52 Å². The van der Waals surface area contributed by atoms with Crippen molar-refractivity contribution >= 4 is 21.6 Å². The normalized spacial score (nSPS) is 14.5. The number of carbonyl (C=O) groups excluding carboxylic acids is 1. The third-order valence-corrected chi connectivity index (χ3v) is 5.37. The number of aromatic amines is 1. The predicted molar refractivity (Wildman–Crippen MR) is 94.3 cm³/mol. The van der Waals surface area contributed by atoms with E-state index in [9.17, 15) is 13.2 Å². The molecule has 1 amide bonds.